The molecule has 0 fully saturated rings. The summed E-state index contributed by atoms with van der Waals surface area (Å²) in [5.41, 5.74) is 0. The van der Waals surface area contributed by atoms with Crippen molar-refractivity contribution in [1.82, 2.24) is 9.13 Å². The SMILES string of the molecule is CCN(C)[SiH2]CCC[SiH](C)N(C)CC. The van der Waals surface area contributed by atoms with Crippen molar-refractivity contribution >= 4 is 18.6 Å². The molecule has 0 N–H and O–H groups in total. The van der Waals surface area contributed by atoms with Crippen LogP contribution in [0.5, 0.6) is 0 Å². The van der Waals surface area contributed by atoms with E-state index in [0.717, 1.165) is 0 Å². The normalized spacial score (nSPS) is 14.8. The Balaban J connectivity index is 3.35. The van der Waals surface area contributed by atoms with Crippen LogP contribution in [0.1, 0.15) is 20.3 Å². The third-order valence-electron chi connectivity index (χ3n) is 3.20. The van der Waals surface area contributed by atoms with Crippen LogP contribution in [0.3, 0.4) is 0 Å². The molecule has 0 radical (unpaired) electrons. The van der Waals surface area contributed by atoms with E-state index in [-0.39, 0.29) is 9.68 Å². The third-order valence-corrected chi connectivity index (χ3v) is 8.34. The minimum atomic E-state index is -0.531. The number of nitrogens with zero attached hydrogens (tertiary/aromatic N) is 2. The predicted molar refractivity (Wildman–Crippen MR) is 72.4 cm³/mol. The molecule has 86 valence electrons. The van der Waals surface area contributed by atoms with E-state index in [2.05, 4.69) is 43.6 Å². The molecule has 0 bridgehead atoms. The lowest BCUT2D eigenvalue weighted by molar-refractivity contribution is 0.546. The molecule has 14 heavy (non-hydrogen) atoms. The molecule has 0 aromatic heterocycles. The van der Waals surface area contributed by atoms with Gasteiger partial charge in [0.1, 0.15) is 8.96 Å². The molecular weight excluding hydrogens is 204 g/mol. The van der Waals surface area contributed by atoms with Crippen LogP contribution in [-0.2, 0) is 0 Å². The lowest BCUT2D eigenvalue weighted by atomic mass is 10.6. The van der Waals surface area contributed by atoms with E-state index in [1.807, 2.05) is 0 Å². The monoisotopic (exact) mass is 232 g/mol. The van der Waals surface area contributed by atoms with E-state index in [1.165, 1.54) is 31.6 Å². The summed E-state index contributed by atoms with van der Waals surface area (Å²) in [6, 6.07) is 3.02. The quantitative estimate of drug-likeness (QED) is 0.457. The lowest BCUT2D eigenvalue weighted by Crippen LogP contribution is -2.33. The molecule has 2 nitrogen and oxygen atoms in total. The van der Waals surface area contributed by atoms with Gasteiger partial charge in [0.15, 0.2) is 0 Å². The molecule has 0 saturated carbocycles. The van der Waals surface area contributed by atoms with Crippen molar-refractivity contribution in [3.05, 3.63) is 0 Å². The fourth-order valence-electron chi connectivity index (χ4n) is 1.51. The minimum Gasteiger partial charge on any atom is -0.332 e. The molecule has 0 aromatic carbocycles. The highest BCUT2D eigenvalue weighted by atomic mass is 28.3. The van der Waals surface area contributed by atoms with Gasteiger partial charge in [-0.2, -0.15) is 0 Å². The maximum absolute atomic E-state index is 2.57. The van der Waals surface area contributed by atoms with Crippen molar-refractivity contribution in [3.63, 3.8) is 0 Å². The molecule has 4 heteroatoms. The second-order valence-electron chi connectivity index (χ2n) is 4.31. The van der Waals surface area contributed by atoms with E-state index in [0.29, 0.717) is 0 Å². The average molecular weight is 233 g/mol. The van der Waals surface area contributed by atoms with Crippen LogP contribution in [0.4, 0.5) is 0 Å². The van der Waals surface area contributed by atoms with Gasteiger partial charge in [-0.3, -0.25) is 0 Å². The molecule has 0 saturated heterocycles. The highest BCUT2D eigenvalue weighted by Gasteiger charge is 2.08. The Morgan fingerprint density at radius 1 is 1.14 bits per heavy atom. The molecule has 1 atom stereocenters. The summed E-state index contributed by atoms with van der Waals surface area (Å²) < 4.78 is 5.11. The van der Waals surface area contributed by atoms with Gasteiger partial charge in [0.25, 0.3) is 0 Å². The van der Waals surface area contributed by atoms with E-state index in [9.17, 15) is 0 Å². The van der Waals surface area contributed by atoms with Gasteiger partial charge in [-0.05, 0) is 33.2 Å². The van der Waals surface area contributed by atoms with Crippen LogP contribution in [0.15, 0.2) is 0 Å². The van der Waals surface area contributed by atoms with E-state index >= 15 is 0 Å². The molecular formula is C10H28N2Si2. The van der Waals surface area contributed by atoms with Crippen LogP contribution >= 0.6 is 0 Å². The first-order valence-electron chi connectivity index (χ1n) is 6.00. The highest BCUT2D eigenvalue weighted by molar-refractivity contribution is 6.54. The average Bonchev–Trinajstić information content (AvgIpc) is 2.22. The third kappa shape index (κ3) is 6.76. The smallest absolute Gasteiger partial charge is 0.108 e. The Hall–Kier alpha value is 0.354. The summed E-state index contributed by atoms with van der Waals surface area (Å²) in [6.07, 6.45) is 1.48. The number of rotatable bonds is 8. The zero-order valence-electron chi connectivity index (χ0n) is 10.7. The summed E-state index contributed by atoms with van der Waals surface area (Å²) in [5.74, 6) is 0. The zero-order chi connectivity index (χ0) is 11.0. The lowest BCUT2D eigenvalue weighted by Gasteiger charge is -2.21. The van der Waals surface area contributed by atoms with Crippen LogP contribution in [0.2, 0.25) is 18.6 Å². The molecule has 0 aliphatic heterocycles. The van der Waals surface area contributed by atoms with Gasteiger partial charge in [-0.1, -0.05) is 32.9 Å². The molecule has 0 amide bonds. The predicted octanol–water partition coefficient (Wildman–Crippen LogP) is 1.14. The Morgan fingerprint density at radius 2 is 1.79 bits per heavy atom. The first-order chi connectivity index (χ1) is 6.61. The number of hydrogen-bond donors (Lipinski definition) is 0. The first kappa shape index (κ1) is 14.4. The van der Waals surface area contributed by atoms with Gasteiger partial charge in [0.2, 0.25) is 0 Å². The van der Waals surface area contributed by atoms with Crippen LogP contribution in [-0.4, -0.2) is 55.0 Å². The van der Waals surface area contributed by atoms with E-state index < -0.39 is 8.96 Å². The summed E-state index contributed by atoms with van der Waals surface area (Å²) in [6.45, 7) is 9.49. The van der Waals surface area contributed by atoms with Gasteiger partial charge >= 0.3 is 0 Å². The molecule has 0 rings (SSSR count). The Morgan fingerprint density at radius 3 is 2.29 bits per heavy atom. The van der Waals surface area contributed by atoms with E-state index in [1.54, 1.807) is 0 Å². The summed E-state index contributed by atoms with van der Waals surface area (Å²) >= 11 is 0. The molecule has 0 aromatic rings. The van der Waals surface area contributed by atoms with Crippen molar-refractivity contribution < 1.29 is 0 Å². The van der Waals surface area contributed by atoms with Gasteiger partial charge in [0.05, 0.1) is 9.68 Å². The molecule has 0 aliphatic rings. The molecule has 1 unspecified atom stereocenters. The van der Waals surface area contributed by atoms with Crippen molar-refractivity contribution in [2.75, 3.05) is 27.2 Å². The van der Waals surface area contributed by atoms with Crippen molar-refractivity contribution in [2.45, 2.75) is 38.9 Å². The van der Waals surface area contributed by atoms with Crippen LogP contribution in [0.25, 0.3) is 0 Å². The van der Waals surface area contributed by atoms with Crippen molar-refractivity contribution in [1.29, 1.82) is 0 Å². The van der Waals surface area contributed by atoms with Gasteiger partial charge in [-0.25, -0.2) is 0 Å². The van der Waals surface area contributed by atoms with Crippen LogP contribution < -0.4 is 0 Å². The number of hydrogen-bond acceptors (Lipinski definition) is 2. The minimum absolute atomic E-state index is 0.0989. The standard InChI is InChI=1S/C10H28N2Si2/c1-6-11(3)13-9-8-10-14(5)12(4)7-2/h14H,6-10,13H2,1-5H3. The van der Waals surface area contributed by atoms with Crippen LogP contribution in [0, 0.1) is 0 Å². The highest BCUT2D eigenvalue weighted by Crippen LogP contribution is 2.05. The summed E-state index contributed by atoms with van der Waals surface area (Å²) in [5, 5.41) is 0. The summed E-state index contributed by atoms with van der Waals surface area (Å²) in [7, 11) is 4.12. The Labute approximate surface area is 94.3 Å². The van der Waals surface area contributed by atoms with E-state index in [4.69, 9.17) is 0 Å². The summed E-state index contributed by atoms with van der Waals surface area (Å²) in [4.78, 5) is 0. The first-order valence-corrected chi connectivity index (χ1v) is 10.1. The topological polar surface area (TPSA) is 6.48 Å². The second kappa shape index (κ2) is 8.65. The Bertz CT molecular complexity index is 133. The van der Waals surface area contributed by atoms with Crippen molar-refractivity contribution in [2.24, 2.45) is 0 Å². The van der Waals surface area contributed by atoms with Gasteiger partial charge < -0.3 is 9.13 Å². The second-order valence-corrected chi connectivity index (χ2v) is 9.70. The largest absolute Gasteiger partial charge is 0.332 e. The van der Waals surface area contributed by atoms with Crippen molar-refractivity contribution in [3.8, 4) is 0 Å². The maximum Gasteiger partial charge on any atom is 0.108 e. The molecule has 0 aliphatic carbocycles. The zero-order valence-corrected chi connectivity index (χ0v) is 13.3. The fourth-order valence-corrected chi connectivity index (χ4v) is 5.40. The van der Waals surface area contributed by atoms with Gasteiger partial charge in [0, 0.05) is 0 Å². The molecule has 0 heterocycles. The Kier molecular flexibility index (Phi) is 8.86. The fraction of sp³-hybridized carbons (Fsp3) is 1.00. The molecule has 0 spiro atoms. The maximum atomic E-state index is 2.57. The van der Waals surface area contributed by atoms with Gasteiger partial charge in [-0.15, -0.1) is 0 Å².